The fourth-order valence-electron chi connectivity index (χ4n) is 1.62. The Kier molecular flexibility index (Phi) is 4.39. The van der Waals surface area contributed by atoms with Crippen LogP contribution in [0.15, 0.2) is 35.4 Å². The van der Waals surface area contributed by atoms with Crippen LogP contribution in [0.4, 0.5) is 0 Å². The van der Waals surface area contributed by atoms with E-state index in [1.54, 1.807) is 24.0 Å². The van der Waals surface area contributed by atoms with Crippen LogP contribution in [0, 0.1) is 6.92 Å². The molecule has 4 nitrogen and oxygen atoms in total. The van der Waals surface area contributed by atoms with E-state index in [1.165, 1.54) is 11.3 Å². The number of nitrogens with zero attached hydrogens (tertiary/aromatic N) is 2. The van der Waals surface area contributed by atoms with Crippen LogP contribution in [-0.2, 0) is 6.54 Å². The first-order valence-corrected chi connectivity index (χ1v) is 6.87. The number of carbonyl (C=O) groups is 1. The highest BCUT2D eigenvalue weighted by atomic mass is 35.5. The van der Waals surface area contributed by atoms with Crippen molar-refractivity contribution in [1.29, 1.82) is 0 Å². The van der Waals surface area contributed by atoms with Gasteiger partial charge in [-0.15, -0.1) is 17.9 Å². The minimum absolute atomic E-state index is 0.204. The van der Waals surface area contributed by atoms with Crippen LogP contribution < -0.4 is 0 Å². The normalized spacial score (nSPS) is 10.4. The Morgan fingerprint density at radius 2 is 2.42 bits per heavy atom. The van der Waals surface area contributed by atoms with Crippen LogP contribution in [0.1, 0.15) is 21.1 Å². The predicted octanol–water partition coefficient (Wildman–Crippen LogP) is 3.53. The largest absolute Gasteiger partial charge is 0.351 e. The van der Waals surface area contributed by atoms with Gasteiger partial charge in [0.2, 0.25) is 5.76 Å². The molecular formula is C13H13ClN2O2S. The van der Waals surface area contributed by atoms with Gasteiger partial charge in [-0.05, 0) is 19.1 Å². The number of amides is 1. The van der Waals surface area contributed by atoms with Gasteiger partial charge in [-0.3, -0.25) is 4.79 Å². The number of halogens is 1. The van der Waals surface area contributed by atoms with Gasteiger partial charge in [0.25, 0.3) is 5.91 Å². The van der Waals surface area contributed by atoms with E-state index in [0.717, 1.165) is 4.88 Å². The molecule has 6 heteroatoms. The van der Waals surface area contributed by atoms with Crippen molar-refractivity contribution in [3.05, 3.63) is 51.5 Å². The predicted molar refractivity (Wildman–Crippen MR) is 75.5 cm³/mol. The Hall–Kier alpha value is -1.59. The summed E-state index contributed by atoms with van der Waals surface area (Å²) in [7, 11) is 0. The van der Waals surface area contributed by atoms with Crippen molar-refractivity contribution in [1.82, 2.24) is 10.1 Å². The molecule has 19 heavy (non-hydrogen) atoms. The summed E-state index contributed by atoms with van der Waals surface area (Å²) in [6, 6.07) is 5.35. The topological polar surface area (TPSA) is 46.3 Å². The van der Waals surface area contributed by atoms with Crippen molar-refractivity contribution in [2.75, 3.05) is 6.54 Å². The number of hydrogen-bond donors (Lipinski definition) is 0. The van der Waals surface area contributed by atoms with Gasteiger partial charge in [0, 0.05) is 17.5 Å². The van der Waals surface area contributed by atoms with Crippen LogP contribution in [-0.4, -0.2) is 22.5 Å². The number of hydrogen-bond acceptors (Lipinski definition) is 4. The molecule has 2 rings (SSSR count). The quantitative estimate of drug-likeness (QED) is 0.793. The van der Waals surface area contributed by atoms with Gasteiger partial charge in [-0.25, -0.2) is 0 Å². The summed E-state index contributed by atoms with van der Waals surface area (Å²) in [6.45, 7) is 6.35. The first kappa shape index (κ1) is 13.8. The molecule has 0 unspecified atom stereocenters. The fourth-order valence-corrected chi connectivity index (χ4v) is 2.72. The molecule has 0 spiro atoms. The van der Waals surface area contributed by atoms with Gasteiger partial charge in [-0.2, -0.15) is 0 Å². The molecule has 0 aliphatic heterocycles. The minimum atomic E-state index is -0.204. The molecule has 0 aliphatic carbocycles. The Morgan fingerprint density at radius 1 is 1.63 bits per heavy atom. The highest BCUT2D eigenvalue weighted by Crippen LogP contribution is 2.23. The van der Waals surface area contributed by atoms with Crippen molar-refractivity contribution in [3.63, 3.8) is 0 Å². The third-order valence-electron chi connectivity index (χ3n) is 2.45. The minimum Gasteiger partial charge on any atom is -0.351 e. The summed E-state index contributed by atoms with van der Waals surface area (Å²) in [5.41, 5.74) is 0.682. The first-order valence-electron chi connectivity index (χ1n) is 5.68. The first-order chi connectivity index (χ1) is 9.10. The maximum atomic E-state index is 12.3. The lowest BCUT2D eigenvalue weighted by Gasteiger charge is -2.18. The molecule has 0 fully saturated rings. The van der Waals surface area contributed by atoms with Crippen molar-refractivity contribution < 1.29 is 9.32 Å². The van der Waals surface area contributed by atoms with E-state index in [1.807, 2.05) is 12.1 Å². The van der Waals surface area contributed by atoms with E-state index in [9.17, 15) is 4.79 Å². The van der Waals surface area contributed by atoms with Gasteiger partial charge in [0.15, 0.2) is 0 Å². The zero-order valence-electron chi connectivity index (χ0n) is 10.4. The Labute approximate surface area is 120 Å². The second-order valence-electron chi connectivity index (χ2n) is 4.01. The summed E-state index contributed by atoms with van der Waals surface area (Å²) in [4.78, 5) is 14.9. The lowest BCUT2D eigenvalue weighted by molar-refractivity contribution is 0.0722. The molecule has 2 heterocycles. The fraction of sp³-hybridized carbons (Fsp3) is 0.231. The molecule has 0 saturated carbocycles. The number of thiophene rings is 1. The molecule has 0 atom stereocenters. The van der Waals surface area contributed by atoms with Crippen molar-refractivity contribution >= 4 is 28.8 Å². The second kappa shape index (κ2) is 6.04. The molecule has 0 aliphatic rings. The van der Waals surface area contributed by atoms with Gasteiger partial charge in [-0.1, -0.05) is 22.8 Å². The Balaban J connectivity index is 2.15. The summed E-state index contributed by atoms with van der Waals surface area (Å²) in [5, 5.41) is 3.72. The zero-order chi connectivity index (χ0) is 13.8. The lowest BCUT2D eigenvalue weighted by Crippen LogP contribution is -2.30. The van der Waals surface area contributed by atoms with Gasteiger partial charge < -0.3 is 9.42 Å². The Bertz CT molecular complexity index is 591. The third kappa shape index (κ3) is 3.45. The van der Waals surface area contributed by atoms with Crippen LogP contribution in [0.25, 0.3) is 0 Å². The van der Waals surface area contributed by atoms with Crippen LogP contribution >= 0.6 is 22.9 Å². The molecule has 0 aromatic carbocycles. The summed E-state index contributed by atoms with van der Waals surface area (Å²) in [5.74, 6) is 0.0343. The van der Waals surface area contributed by atoms with E-state index >= 15 is 0 Å². The summed E-state index contributed by atoms with van der Waals surface area (Å²) >= 11 is 7.34. The molecule has 0 N–H and O–H groups in total. The molecular weight excluding hydrogens is 284 g/mol. The van der Waals surface area contributed by atoms with Crippen LogP contribution in [0.2, 0.25) is 4.34 Å². The smallest absolute Gasteiger partial charge is 0.293 e. The van der Waals surface area contributed by atoms with Gasteiger partial charge in [0.1, 0.15) is 0 Å². The Morgan fingerprint density at radius 3 is 2.95 bits per heavy atom. The molecule has 2 aromatic rings. The van der Waals surface area contributed by atoms with E-state index in [0.29, 0.717) is 23.1 Å². The van der Waals surface area contributed by atoms with E-state index < -0.39 is 0 Å². The molecule has 0 saturated heterocycles. The van der Waals surface area contributed by atoms with E-state index in [2.05, 4.69) is 11.7 Å². The number of rotatable bonds is 5. The third-order valence-corrected chi connectivity index (χ3v) is 3.67. The summed E-state index contributed by atoms with van der Waals surface area (Å²) < 4.78 is 5.70. The lowest BCUT2D eigenvalue weighted by atomic mass is 10.3. The maximum Gasteiger partial charge on any atom is 0.293 e. The standard InChI is InChI=1S/C13H13ClN2O2S/c1-3-6-16(8-10-4-5-12(14)19-10)13(17)11-7-9(2)15-18-11/h3-5,7H,1,6,8H2,2H3. The monoisotopic (exact) mass is 296 g/mol. The van der Waals surface area contributed by atoms with Crippen molar-refractivity contribution in [2.24, 2.45) is 0 Å². The molecule has 0 bridgehead atoms. The number of carbonyl (C=O) groups excluding carboxylic acids is 1. The number of aromatic nitrogens is 1. The highest BCUT2D eigenvalue weighted by molar-refractivity contribution is 7.16. The molecule has 1 amide bonds. The average molecular weight is 297 g/mol. The van der Waals surface area contributed by atoms with Crippen molar-refractivity contribution in [2.45, 2.75) is 13.5 Å². The highest BCUT2D eigenvalue weighted by Gasteiger charge is 2.19. The molecule has 100 valence electrons. The second-order valence-corrected chi connectivity index (χ2v) is 5.81. The van der Waals surface area contributed by atoms with Crippen LogP contribution in [0.3, 0.4) is 0 Å². The summed E-state index contributed by atoms with van der Waals surface area (Å²) in [6.07, 6.45) is 1.68. The molecule has 2 aromatic heterocycles. The van der Waals surface area contributed by atoms with E-state index in [4.69, 9.17) is 16.1 Å². The zero-order valence-corrected chi connectivity index (χ0v) is 12.0. The van der Waals surface area contributed by atoms with Crippen molar-refractivity contribution in [3.8, 4) is 0 Å². The molecule has 0 radical (unpaired) electrons. The van der Waals surface area contributed by atoms with Gasteiger partial charge in [0.05, 0.1) is 16.6 Å². The average Bonchev–Trinajstić information content (AvgIpc) is 2.97. The van der Waals surface area contributed by atoms with Gasteiger partial charge >= 0.3 is 0 Å². The SMILES string of the molecule is C=CCN(Cc1ccc(Cl)s1)C(=O)c1cc(C)no1. The number of aryl methyl sites for hydroxylation is 1. The van der Waals surface area contributed by atoms with E-state index in [-0.39, 0.29) is 11.7 Å². The maximum absolute atomic E-state index is 12.3. The van der Waals surface area contributed by atoms with Crippen LogP contribution in [0.5, 0.6) is 0 Å².